The molecule has 8 heteroatoms. The van der Waals surface area contributed by atoms with Gasteiger partial charge in [-0.25, -0.2) is 14.1 Å². The molecule has 1 aromatic heterocycles. The summed E-state index contributed by atoms with van der Waals surface area (Å²) in [4.78, 5) is 26.4. The highest BCUT2D eigenvalue weighted by Gasteiger charge is 2.21. The molecule has 0 aliphatic heterocycles. The van der Waals surface area contributed by atoms with Gasteiger partial charge in [0.1, 0.15) is 23.9 Å². The average molecular weight is 306 g/mol. The number of aliphatic carboxylic acids is 1. The maximum Gasteiger partial charge on any atom is 0.322 e. The molecule has 1 amide bonds. The van der Waals surface area contributed by atoms with E-state index < -0.39 is 24.2 Å². The van der Waals surface area contributed by atoms with Crippen molar-refractivity contribution in [3.8, 4) is 5.69 Å². The first-order valence-electron chi connectivity index (χ1n) is 6.62. The zero-order chi connectivity index (χ0) is 16.3. The third-order valence-electron chi connectivity index (χ3n) is 2.83. The molecular formula is C14H15FN4O3. The first kappa shape index (κ1) is 15.6. The summed E-state index contributed by atoms with van der Waals surface area (Å²) in [6.07, 6.45) is 0. The Morgan fingerprint density at radius 2 is 2.05 bits per heavy atom. The fourth-order valence-electron chi connectivity index (χ4n) is 1.83. The molecule has 116 valence electrons. The zero-order valence-electron chi connectivity index (χ0n) is 12.1. The number of carbonyl (C=O) groups is 2. The standard InChI is InChI=1S/C14H15FN4O3/c1-8(2)13-17-12(14(22)16-7-11(20)21)18-19(13)10-6-4-3-5-9(10)15/h3-6,8H,7H2,1-2H3,(H,16,22)(H,20,21). The normalized spacial score (nSPS) is 10.7. The van der Waals surface area contributed by atoms with Gasteiger partial charge in [-0.05, 0) is 12.1 Å². The highest BCUT2D eigenvalue weighted by molar-refractivity contribution is 5.92. The third-order valence-corrected chi connectivity index (χ3v) is 2.83. The predicted octanol–water partition coefficient (Wildman–Crippen LogP) is 1.34. The minimum atomic E-state index is -1.18. The monoisotopic (exact) mass is 306 g/mol. The minimum absolute atomic E-state index is 0.104. The lowest BCUT2D eigenvalue weighted by Gasteiger charge is -2.08. The summed E-state index contributed by atoms with van der Waals surface area (Å²) in [5.74, 6) is -2.29. The Labute approximate surface area is 125 Å². The molecule has 0 aliphatic carbocycles. The van der Waals surface area contributed by atoms with Crippen LogP contribution in [0.1, 0.15) is 36.2 Å². The van der Waals surface area contributed by atoms with Gasteiger partial charge in [0.15, 0.2) is 0 Å². The fraction of sp³-hybridized carbons (Fsp3) is 0.286. The number of hydrogen-bond acceptors (Lipinski definition) is 4. The molecular weight excluding hydrogens is 291 g/mol. The van der Waals surface area contributed by atoms with Crippen molar-refractivity contribution >= 4 is 11.9 Å². The molecule has 22 heavy (non-hydrogen) atoms. The first-order chi connectivity index (χ1) is 10.4. The van der Waals surface area contributed by atoms with Crippen LogP contribution >= 0.6 is 0 Å². The number of rotatable bonds is 5. The summed E-state index contributed by atoms with van der Waals surface area (Å²) in [6, 6.07) is 6.00. The average Bonchev–Trinajstić information content (AvgIpc) is 2.90. The Kier molecular flexibility index (Phi) is 4.50. The maximum atomic E-state index is 13.9. The Hall–Kier alpha value is -2.77. The van der Waals surface area contributed by atoms with E-state index in [0.29, 0.717) is 5.82 Å². The SMILES string of the molecule is CC(C)c1nc(C(=O)NCC(=O)O)nn1-c1ccccc1F. The van der Waals surface area contributed by atoms with E-state index in [1.807, 2.05) is 13.8 Å². The molecule has 2 rings (SSSR count). The van der Waals surface area contributed by atoms with Crippen molar-refractivity contribution in [1.29, 1.82) is 0 Å². The van der Waals surface area contributed by atoms with Crippen LogP contribution in [-0.4, -0.2) is 38.3 Å². The summed E-state index contributed by atoms with van der Waals surface area (Å²) in [6.45, 7) is 3.13. The van der Waals surface area contributed by atoms with Crippen molar-refractivity contribution in [3.05, 3.63) is 41.7 Å². The van der Waals surface area contributed by atoms with E-state index in [4.69, 9.17) is 5.11 Å². The second kappa shape index (κ2) is 6.33. The molecule has 1 aromatic carbocycles. The molecule has 0 atom stereocenters. The molecule has 2 N–H and O–H groups in total. The lowest BCUT2D eigenvalue weighted by Crippen LogP contribution is -2.30. The van der Waals surface area contributed by atoms with Crippen molar-refractivity contribution in [3.63, 3.8) is 0 Å². The molecule has 0 bridgehead atoms. The van der Waals surface area contributed by atoms with Crippen molar-refractivity contribution in [2.24, 2.45) is 0 Å². The molecule has 0 saturated carbocycles. The van der Waals surface area contributed by atoms with Crippen LogP contribution in [0.4, 0.5) is 4.39 Å². The highest BCUT2D eigenvalue weighted by Crippen LogP contribution is 2.19. The Bertz CT molecular complexity index is 712. The Morgan fingerprint density at radius 1 is 1.36 bits per heavy atom. The molecule has 0 radical (unpaired) electrons. The number of nitrogens with zero attached hydrogens (tertiary/aromatic N) is 3. The minimum Gasteiger partial charge on any atom is -0.480 e. The number of hydrogen-bond donors (Lipinski definition) is 2. The molecule has 0 spiro atoms. The second-order valence-corrected chi connectivity index (χ2v) is 4.89. The quantitative estimate of drug-likeness (QED) is 0.869. The highest BCUT2D eigenvalue weighted by atomic mass is 19.1. The van der Waals surface area contributed by atoms with Crippen molar-refractivity contribution in [2.75, 3.05) is 6.54 Å². The van der Waals surface area contributed by atoms with Gasteiger partial charge in [-0.1, -0.05) is 26.0 Å². The number of para-hydroxylation sites is 1. The van der Waals surface area contributed by atoms with Gasteiger partial charge in [0, 0.05) is 5.92 Å². The Balaban J connectivity index is 2.40. The van der Waals surface area contributed by atoms with E-state index in [9.17, 15) is 14.0 Å². The van der Waals surface area contributed by atoms with Crippen LogP contribution in [-0.2, 0) is 4.79 Å². The molecule has 7 nitrogen and oxygen atoms in total. The van der Waals surface area contributed by atoms with Crippen LogP contribution in [0.15, 0.2) is 24.3 Å². The largest absolute Gasteiger partial charge is 0.480 e. The first-order valence-corrected chi connectivity index (χ1v) is 6.62. The van der Waals surface area contributed by atoms with Crippen LogP contribution in [0.2, 0.25) is 0 Å². The lowest BCUT2D eigenvalue weighted by molar-refractivity contribution is -0.135. The summed E-state index contributed by atoms with van der Waals surface area (Å²) in [5, 5.41) is 14.7. The number of carboxylic acids is 1. The van der Waals surface area contributed by atoms with Gasteiger partial charge >= 0.3 is 5.97 Å². The predicted molar refractivity (Wildman–Crippen MR) is 75.4 cm³/mol. The number of amides is 1. The Morgan fingerprint density at radius 3 is 2.64 bits per heavy atom. The lowest BCUT2D eigenvalue weighted by atomic mass is 10.2. The van der Waals surface area contributed by atoms with E-state index in [0.717, 1.165) is 0 Å². The number of carboxylic acid groups (broad SMARTS) is 1. The van der Waals surface area contributed by atoms with Gasteiger partial charge in [0.25, 0.3) is 5.91 Å². The zero-order valence-corrected chi connectivity index (χ0v) is 12.1. The van der Waals surface area contributed by atoms with E-state index in [2.05, 4.69) is 15.4 Å². The summed E-state index contributed by atoms with van der Waals surface area (Å²) >= 11 is 0. The maximum absolute atomic E-state index is 13.9. The summed E-state index contributed by atoms with van der Waals surface area (Å²) < 4.78 is 15.2. The van der Waals surface area contributed by atoms with Gasteiger partial charge in [0.05, 0.1) is 0 Å². The van der Waals surface area contributed by atoms with Crippen molar-refractivity contribution in [1.82, 2.24) is 20.1 Å². The molecule has 0 fully saturated rings. The van der Waals surface area contributed by atoms with Gasteiger partial charge in [-0.3, -0.25) is 9.59 Å². The van der Waals surface area contributed by atoms with Gasteiger partial charge in [-0.2, -0.15) is 0 Å². The number of nitrogens with one attached hydrogen (secondary N) is 1. The molecule has 0 unspecified atom stereocenters. The van der Waals surface area contributed by atoms with E-state index >= 15 is 0 Å². The van der Waals surface area contributed by atoms with E-state index in [1.54, 1.807) is 12.1 Å². The topological polar surface area (TPSA) is 97.1 Å². The smallest absolute Gasteiger partial charge is 0.322 e. The van der Waals surface area contributed by atoms with Crippen LogP contribution < -0.4 is 5.32 Å². The number of aromatic nitrogens is 3. The second-order valence-electron chi connectivity index (χ2n) is 4.89. The molecule has 0 aliphatic rings. The van der Waals surface area contributed by atoms with Gasteiger partial charge in [-0.15, -0.1) is 5.10 Å². The fourth-order valence-corrected chi connectivity index (χ4v) is 1.83. The molecule has 1 heterocycles. The number of benzene rings is 1. The third kappa shape index (κ3) is 3.27. The van der Waals surface area contributed by atoms with E-state index in [-0.39, 0.29) is 17.4 Å². The van der Waals surface area contributed by atoms with Crippen molar-refractivity contribution < 1.29 is 19.1 Å². The summed E-state index contributed by atoms with van der Waals surface area (Å²) in [5.41, 5.74) is 0.177. The van der Waals surface area contributed by atoms with E-state index in [1.165, 1.54) is 16.8 Å². The van der Waals surface area contributed by atoms with Crippen LogP contribution in [0.3, 0.4) is 0 Å². The molecule has 2 aromatic rings. The van der Waals surface area contributed by atoms with Crippen LogP contribution in [0.25, 0.3) is 5.69 Å². The molecule has 0 saturated heterocycles. The summed E-state index contributed by atoms with van der Waals surface area (Å²) in [7, 11) is 0. The van der Waals surface area contributed by atoms with Gasteiger partial charge < -0.3 is 10.4 Å². The van der Waals surface area contributed by atoms with Crippen molar-refractivity contribution in [2.45, 2.75) is 19.8 Å². The van der Waals surface area contributed by atoms with Crippen LogP contribution in [0.5, 0.6) is 0 Å². The number of carbonyl (C=O) groups excluding carboxylic acids is 1. The van der Waals surface area contributed by atoms with Gasteiger partial charge in [0.2, 0.25) is 5.82 Å². The number of halogens is 1. The van der Waals surface area contributed by atoms with Crippen LogP contribution in [0, 0.1) is 5.82 Å².